The number of rotatable bonds is 5. The molecule has 5 nitrogen and oxygen atoms in total. The highest BCUT2D eigenvalue weighted by Crippen LogP contribution is 2.33. The van der Waals surface area contributed by atoms with Crippen LogP contribution in [0, 0.1) is 0 Å². The second-order valence-corrected chi connectivity index (χ2v) is 8.57. The van der Waals surface area contributed by atoms with Crippen LogP contribution in [-0.4, -0.2) is 38.2 Å². The fourth-order valence-electron chi connectivity index (χ4n) is 2.58. The molecule has 1 saturated heterocycles. The van der Waals surface area contributed by atoms with Gasteiger partial charge in [-0.2, -0.15) is 4.31 Å². The van der Waals surface area contributed by atoms with Gasteiger partial charge in [-0.3, -0.25) is 0 Å². The van der Waals surface area contributed by atoms with Gasteiger partial charge in [0.05, 0.1) is 6.26 Å². The number of ether oxygens (including phenoxy) is 2. The quantitative estimate of drug-likeness (QED) is 0.765. The second kappa shape index (κ2) is 7.51. The first-order valence-electron chi connectivity index (χ1n) is 7.59. The smallest absolute Gasteiger partial charge is 0.213 e. The molecule has 2 atom stereocenters. The van der Waals surface area contributed by atoms with Crippen molar-refractivity contribution >= 4 is 33.2 Å². The summed E-state index contributed by atoms with van der Waals surface area (Å²) in [6.45, 7) is 0.456. The molecular formula is C17H17Cl2NO4S. The molecule has 0 unspecified atom stereocenters. The van der Waals surface area contributed by atoms with Gasteiger partial charge in [0.2, 0.25) is 10.0 Å². The topological polar surface area (TPSA) is 55.8 Å². The first-order chi connectivity index (χ1) is 11.8. The third-order valence-electron chi connectivity index (χ3n) is 3.80. The molecule has 0 amide bonds. The van der Waals surface area contributed by atoms with Gasteiger partial charge in [-0.05, 0) is 42.0 Å². The molecule has 0 N–H and O–H groups in total. The van der Waals surface area contributed by atoms with E-state index in [1.54, 1.807) is 48.5 Å². The maximum Gasteiger partial charge on any atom is 0.213 e. The zero-order chi connectivity index (χ0) is 18.0. The van der Waals surface area contributed by atoms with E-state index in [1.165, 1.54) is 10.6 Å². The van der Waals surface area contributed by atoms with E-state index in [4.69, 9.17) is 32.7 Å². The monoisotopic (exact) mass is 401 g/mol. The lowest BCUT2D eigenvalue weighted by Gasteiger charge is -2.20. The van der Waals surface area contributed by atoms with Crippen LogP contribution in [0.5, 0.6) is 5.75 Å². The van der Waals surface area contributed by atoms with Crippen molar-refractivity contribution in [2.24, 2.45) is 0 Å². The third kappa shape index (κ3) is 4.65. The SMILES string of the molecule is CS(=O)(=O)N1C[C@H](COc2ccc(Cl)cc2)O[C@@H]1c1ccc(Cl)cc1. The van der Waals surface area contributed by atoms with Gasteiger partial charge >= 0.3 is 0 Å². The molecule has 0 bridgehead atoms. The van der Waals surface area contributed by atoms with Crippen LogP contribution in [0.3, 0.4) is 0 Å². The summed E-state index contributed by atoms with van der Waals surface area (Å²) in [7, 11) is -3.43. The number of sulfonamides is 1. The number of nitrogens with zero attached hydrogens (tertiary/aromatic N) is 1. The largest absolute Gasteiger partial charge is 0.491 e. The molecule has 2 aromatic carbocycles. The lowest BCUT2D eigenvalue weighted by molar-refractivity contribution is 0.00132. The molecule has 8 heteroatoms. The van der Waals surface area contributed by atoms with Gasteiger partial charge in [0.1, 0.15) is 24.7 Å². The predicted octanol–water partition coefficient (Wildman–Crippen LogP) is 3.73. The molecule has 0 saturated carbocycles. The summed E-state index contributed by atoms with van der Waals surface area (Å²) in [5.74, 6) is 0.647. The molecule has 0 aromatic heterocycles. The van der Waals surface area contributed by atoms with E-state index in [0.29, 0.717) is 15.8 Å². The van der Waals surface area contributed by atoms with Gasteiger partial charge in [0.15, 0.2) is 0 Å². The molecule has 0 spiro atoms. The molecule has 3 rings (SSSR count). The standard InChI is InChI=1S/C17H17Cl2NO4S/c1-25(21,22)20-10-16(11-23-15-8-6-14(19)7-9-15)24-17(20)12-2-4-13(18)5-3-12/h2-9,16-17H,10-11H2,1H3/t16-,17-/m1/s1. The number of halogens is 2. The number of hydrogen-bond acceptors (Lipinski definition) is 4. The van der Waals surface area contributed by atoms with Crippen molar-refractivity contribution in [3.8, 4) is 5.75 Å². The minimum absolute atomic E-state index is 0.222. The van der Waals surface area contributed by atoms with E-state index in [-0.39, 0.29) is 19.3 Å². The van der Waals surface area contributed by atoms with Crippen LogP contribution >= 0.6 is 23.2 Å². The molecule has 134 valence electrons. The molecule has 2 aromatic rings. The fraction of sp³-hybridized carbons (Fsp3) is 0.294. The van der Waals surface area contributed by atoms with Crippen molar-refractivity contribution in [2.45, 2.75) is 12.3 Å². The minimum Gasteiger partial charge on any atom is -0.491 e. The Morgan fingerprint density at radius 3 is 2.20 bits per heavy atom. The van der Waals surface area contributed by atoms with E-state index in [2.05, 4.69) is 0 Å². The van der Waals surface area contributed by atoms with Crippen molar-refractivity contribution in [3.63, 3.8) is 0 Å². The van der Waals surface area contributed by atoms with Crippen LogP contribution in [0.1, 0.15) is 11.8 Å². The molecule has 1 aliphatic heterocycles. The number of hydrogen-bond donors (Lipinski definition) is 0. The Hall–Kier alpha value is -1.31. The summed E-state index contributed by atoms with van der Waals surface area (Å²) in [4.78, 5) is 0. The Morgan fingerprint density at radius 1 is 1.08 bits per heavy atom. The van der Waals surface area contributed by atoms with Crippen molar-refractivity contribution in [1.29, 1.82) is 0 Å². The first-order valence-corrected chi connectivity index (χ1v) is 10.2. The molecule has 0 radical (unpaired) electrons. The highest BCUT2D eigenvalue weighted by Gasteiger charge is 2.39. The Balaban J connectivity index is 1.72. The van der Waals surface area contributed by atoms with Gasteiger partial charge in [-0.25, -0.2) is 8.42 Å². The van der Waals surface area contributed by atoms with Crippen molar-refractivity contribution < 1.29 is 17.9 Å². The van der Waals surface area contributed by atoms with Crippen LogP contribution in [0.25, 0.3) is 0 Å². The van der Waals surface area contributed by atoms with Crippen molar-refractivity contribution in [3.05, 3.63) is 64.1 Å². The fourth-order valence-corrected chi connectivity index (χ4v) is 3.79. The molecule has 25 heavy (non-hydrogen) atoms. The van der Waals surface area contributed by atoms with Gasteiger partial charge in [0, 0.05) is 16.6 Å². The zero-order valence-corrected chi connectivity index (χ0v) is 15.8. The average Bonchev–Trinajstić information content (AvgIpc) is 3.00. The third-order valence-corrected chi connectivity index (χ3v) is 5.49. The van der Waals surface area contributed by atoms with Crippen molar-refractivity contribution in [2.75, 3.05) is 19.4 Å². The Labute approximate surface area is 157 Å². The Bertz CT molecular complexity index is 825. The highest BCUT2D eigenvalue weighted by atomic mass is 35.5. The average molecular weight is 402 g/mol. The normalized spacial score (nSPS) is 21.4. The minimum atomic E-state index is -3.43. The van der Waals surface area contributed by atoms with E-state index in [0.717, 1.165) is 5.56 Å². The lowest BCUT2D eigenvalue weighted by atomic mass is 10.2. The van der Waals surface area contributed by atoms with Crippen LogP contribution in [0.2, 0.25) is 10.0 Å². The highest BCUT2D eigenvalue weighted by molar-refractivity contribution is 7.88. The number of benzene rings is 2. The summed E-state index contributed by atoms with van der Waals surface area (Å²) in [5, 5.41) is 1.20. The molecule has 1 aliphatic rings. The maximum absolute atomic E-state index is 12.1. The van der Waals surface area contributed by atoms with Crippen LogP contribution in [0.15, 0.2) is 48.5 Å². The summed E-state index contributed by atoms with van der Waals surface area (Å²) in [5.41, 5.74) is 0.726. The molecule has 0 aliphatic carbocycles. The van der Waals surface area contributed by atoms with E-state index >= 15 is 0 Å². The van der Waals surface area contributed by atoms with Gasteiger partial charge < -0.3 is 9.47 Å². The van der Waals surface area contributed by atoms with E-state index < -0.39 is 16.3 Å². The zero-order valence-electron chi connectivity index (χ0n) is 13.4. The lowest BCUT2D eigenvalue weighted by Crippen LogP contribution is -2.31. The molecular weight excluding hydrogens is 385 g/mol. The van der Waals surface area contributed by atoms with Gasteiger partial charge in [0.25, 0.3) is 0 Å². The molecule has 1 heterocycles. The predicted molar refractivity (Wildman–Crippen MR) is 97.6 cm³/mol. The Morgan fingerprint density at radius 2 is 1.64 bits per heavy atom. The Kier molecular flexibility index (Phi) is 5.55. The summed E-state index contributed by atoms with van der Waals surface area (Å²) in [6.07, 6.45) is 0.0963. The van der Waals surface area contributed by atoms with Crippen LogP contribution in [0.4, 0.5) is 0 Å². The summed E-state index contributed by atoms with van der Waals surface area (Å²) >= 11 is 11.7. The van der Waals surface area contributed by atoms with E-state index in [1.807, 2.05) is 0 Å². The maximum atomic E-state index is 12.1. The summed E-state index contributed by atoms with van der Waals surface area (Å²) in [6, 6.07) is 13.9. The molecule has 1 fully saturated rings. The van der Waals surface area contributed by atoms with E-state index in [9.17, 15) is 8.42 Å². The van der Waals surface area contributed by atoms with Crippen LogP contribution in [-0.2, 0) is 14.8 Å². The first kappa shape index (κ1) is 18.5. The van der Waals surface area contributed by atoms with Gasteiger partial charge in [-0.15, -0.1) is 0 Å². The second-order valence-electron chi connectivity index (χ2n) is 5.76. The van der Waals surface area contributed by atoms with Crippen molar-refractivity contribution in [1.82, 2.24) is 4.31 Å². The van der Waals surface area contributed by atoms with Crippen LogP contribution < -0.4 is 4.74 Å². The van der Waals surface area contributed by atoms with Gasteiger partial charge in [-0.1, -0.05) is 35.3 Å². The summed E-state index contributed by atoms with van der Waals surface area (Å²) < 4.78 is 37.1.